The Kier molecular flexibility index (Phi) is 4.40. The van der Waals surface area contributed by atoms with Crippen LogP contribution in [0.4, 0.5) is 0 Å². The predicted octanol–water partition coefficient (Wildman–Crippen LogP) is 4.65. The van der Waals surface area contributed by atoms with Gasteiger partial charge in [-0.05, 0) is 19.1 Å². The Morgan fingerprint density at radius 1 is 1.35 bits per heavy atom. The molecule has 2 aromatic rings. The Hall–Kier alpha value is -0.610. The molecule has 90 valence electrons. The third-order valence-corrected chi connectivity index (χ3v) is 3.73. The summed E-state index contributed by atoms with van der Waals surface area (Å²) >= 11 is 13.6. The molecule has 0 N–H and O–H groups in total. The molecule has 0 fully saturated rings. The summed E-state index contributed by atoms with van der Waals surface area (Å²) in [5.41, 5.74) is 0.955. The molecule has 0 amide bonds. The van der Waals surface area contributed by atoms with Crippen molar-refractivity contribution < 1.29 is 4.74 Å². The molecule has 1 heterocycles. The first-order valence-electron chi connectivity index (χ1n) is 5.18. The van der Waals surface area contributed by atoms with Crippen molar-refractivity contribution in [2.24, 2.45) is 0 Å². The van der Waals surface area contributed by atoms with Crippen LogP contribution in [0.15, 0.2) is 24.4 Å². The number of hydrogen-bond acceptors (Lipinski definition) is 3. The lowest BCUT2D eigenvalue weighted by molar-refractivity contribution is 0.134. The second-order valence-electron chi connectivity index (χ2n) is 3.38. The van der Waals surface area contributed by atoms with Crippen LogP contribution in [0.5, 0.6) is 0 Å². The molecule has 0 aliphatic rings. The second-order valence-corrected chi connectivity index (χ2v) is 5.34. The molecule has 2 rings (SSSR count). The van der Waals surface area contributed by atoms with Gasteiger partial charge in [0, 0.05) is 23.4 Å². The summed E-state index contributed by atoms with van der Waals surface area (Å²) in [6, 6.07) is 5.47. The van der Waals surface area contributed by atoms with E-state index in [-0.39, 0.29) is 0 Å². The molecule has 1 aromatic carbocycles. The van der Waals surface area contributed by atoms with E-state index < -0.39 is 0 Å². The van der Waals surface area contributed by atoms with Crippen LogP contribution >= 0.6 is 34.5 Å². The van der Waals surface area contributed by atoms with Crippen molar-refractivity contribution in [3.8, 4) is 10.4 Å². The Balaban J connectivity index is 2.24. The number of aromatic nitrogens is 1. The van der Waals surface area contributed by atoms with Gasteiger partial charge in [-0.1, -0.05) is 29.3 Å². The highest BCUT2D eigenvalue weighted by atomic mass is 35.5. The summed E-state index contributed by atoms with van der Waals surface area (Å²) < 4.78 is 5.31. The molecule has 5 heteroatoms. The number of ether oxygens (including phenoxy) is 1. The summed E-state index contributed by atoms with van der Waals surface area (Å²) in [5.74, 6) is 0. The highest BCUT2D eigenvalue weighted by Gasteiger charge is 2.08. The molecule has 0 saturated heterocycles. The summed E-state index contributed by atoms with van der Waals surface area (Å²) in [5, 5.41) is 2.23. The lowest BCUT2D eigenvalue weighted by atomic mass is 10.2. The Labute approximate surface area is 114 Å². The number of halogens is 2. The van der Waals surface area contributed by atoms with Gasteiger partial charge < -0.3 is 4.74 Å². The van der Waals surface area contributed by atoms with Crippen LogP contribution < -0.4 is 0 Å². The molecule has 0 unspecified atom stereocenters. The number of hydrogen-bond donors (Lipinski definition) is 0. The summed E-state index contributed by atoms with van der Waals surface area (Å²) in [6.07, 6.45) is 1.81. The average Bonchev–Trinajstić information content (AvgIpc) is 2.75. The van der Waals surface area contributed by atoms with Crippen molar-refractivity contribution >= 4 is 34.5 Å². The van der Waals surface area contributed by atoms with Crippen LogP contribution in [0.3, 0.4) is 0 Å². The fourth-order valence-corrected chi connectivity index (χ4v) is 2.84. The van der Waals surface area contributed by atoms with Crippen molar-refractivity contribution in [1.82, 2.24) is 4.98 Å². The van der Waals surface area contributed by atoms with Gasteiger partial charge in [-0.25, -0.2) is 4.98 Å². The SMILES string of the molecule is CCOCc1ncc(-c2ccc(Cl)cc2Cl)s1. The van der Waals surface area contributed by atoms with E-state index in [2.05, 4.69) is 4.98 Å². The third kappa shape index (κ3) is 3.19. The smallest absolute Gasteiger partial charge is 0.119 e. The van der Waals surface area contributed by atoms with Crippen molar-refractivity contribution in [2.75, 3.05) is 6.61 Å². The maximum absolute atomic E-state index is 6.14. The molecule has 2 nitrogen and oxygen atoms in total. The van der Waals surface area contributed by atoms with E-state index in [9.17, 15) is 0 Å². The summed E-state index contributed by atoms with van der Waals surface area (Å²) in [7, 11) is 0. The first kappa shape index (κ1) is 12.8. The Bertz CT molecular complexity index is 513. The molecule has 0 atom stereocenters. The van der Waals surface area contributed by atoms with E-state index in [1.54, 1.807) is 17.4 Å². The minimum absolute atomic E-state index is 0.548. The van der Waals surface area contributed by atoms with E-state index in [1.807, 2.05) is 25.3 Å². The predicted molar refractivity (Wildman–Crippen MR) is 72.9 cm³/mol. The minimum Gasteiger partial charge on any atom is -0.375 e. The van der Waals surface area contributed by atoms with E-state index in [4.69, 9.17) is 27.9 Å². The Morgan fingerprint density at radius 2 is 2.18 bits per heavy atom. The van der Waals surface area contributed by atoms with Gasteiger partial charge in [0.2, 0.25) is 0 Å². The highest BCUT2D eigenvalue weighted by molar-refractivity contribution is 7.15. The zero-order valence-electron chi connectivity index (χ0n) is 9.24. The molecule has 17 heavy (non-hydrogen) atoms. The topological polar surface area (TPSA) is 22.1 Å². The monoisotopic (exact) mass is 287 g/mol. The van der Waals surface area contributed by atoms with E-state index in [0.29, 0.717) is 23.3 Å². The zero-order valence-corrected chi connectivity index (χ0v) is 11.6. The lowest BCUT2D eigenvalue weighted by Crippen LogP contribution is -1.89. The van der Waals surface area contributed by atoms with Crippen molar-refractivity contribution in [1.29, 1.82) is 0 Å². The van der Waals surface area contributed by atoms with Crippen LogP contribution in [0.2, 0.25) is 10.0 Å². The third-order valence-electron chi connectivity index (χ3n) is 2.18. The second kappa shape index (κ2) is 5.83. The van der Waals surface area contributed by atoms with Gasteiger partial charge in [0.1, 0.15) is 5.01 Å². The van der Waals surface area contributed by atoms with E-state index in [0.717, 1.165) is 15.4 Å². The molecule has 0 spiro atoms. The van der Waals surface area contributed by atoms with Gasteiger partial charge in [-0.3, -0.25) is 0 Å². The molecule has 0 bridgehead atoms. The van der Waals surface area contributed by atoms with Gasteiger partial charge in [-0.2, -0.15) is 0 Å². The molecular formula is C12H11Cl2NOS. The first-order valence-corrected chi connectivity index (χ1v) is 6.76. The van der Waals surface area contributed by atoms with Gasteiger partial charge in [0.15, 0.2) is 0 Å². The molecule has 0 radical (unpaired) electrons. The number of benzene rings is 1. The van der Waals surface area contributed by atoms with Crippen LogP contribution in [0.25, 0.3) is 10.4 Å². The van der Waals surface area contributed by atoms with E-state index >= 15 is 0 Å². The van der Waals surface area contributed by atoms with Gasteiger partial charge in [-0.15, -0.1) is 11.3 Å². The number of rotatable bonds is 4. The fraction of sp³-hybridized carbons (Fsp3) is 0.250. The van der Waals surface area contributed by atoms with Crippen LogP contribution in [0, 0.1) is 0 Å². The summed E-state index contributed by atoms with van der Waals surface area (Å²) in [6.45, 7) is 3.20. The largest absolute Gasteiger partial charge is 0.375 e. The number of thiazole rings is 1. The van der Waals surface area contributed by atoms with E-state index in [1.165, 1.54) is 0 Å². The minimum atomic E-state index is 0.548. The number of nitrogens with zero attached hydrogens (tertiary/aromatic N) is 1. The maximum Gasteiger partial charge on any atom is 0.119 e. The molecule has 0 saturated carbocycles. The highest BCUT2D eigenvalue weighted by Crippen LogP contribution is 2.33. The Morgan fingerprint density at radius 3 is 2.88 bits per heavy atom. The lowest BCUT2D eigenvalue weighted by Gasteiger charge is -2.00. The van der Waals surface area contributed by atoms with Gasteiger partial charge in [0.25, 0.3) is 0 Å². The first-order chi connectivity index (χ1) is 8.20. The van der Waals surface area contributed by atoms with Crippen molar-refractivity contribution in [3.63, 3.8) is 0 Å². The fourth-order valence-electron chi connectivity index (χ4n) is 1.38. The van der Waals surface area contributed by atoms with Gasteiger partial charge in [0.05, 0.1) is 16.5 Å². The molecule has 0 aliphatic carbocycles. The maximum atomic E-state index is 6.14. The normalized spacial score (nSPS) is 10.8. The average molecular weight is 288 g/mol. The van der Waals surface area contributed by atoms with Crippen molar-refractivity contribution in [3.05, 3.63) is 39.4 Å². The van der Waals surface area contributed by atoms with Crippen LogP contribution in [-0.4, -0.2) is 11.6 Å². The quantitative estimate of drug-likeness (QED) is 0.816. The molecule has 1 aromatic heterocycles. The van der Waals surface area contributed by atoms with Gasteiger partial charge >= 0.3 is 0 Å². The molecule has 0 aliphatic heterocycles. The van der Waals surface area contributed by atoms with Crippen LogP contribution in [0.1, 0.15) is 11.9 Å². The molecular weight excluding hydrogens is 277 g/mol. The van der Waals surface area contributed by atoms with Crippen LogP contribution in [-0.2, 0) is 11.3 Å². The summed E-state index contributed by atoms with van der Waals surface area (Å²) in [4.78, 5) is 5.32. The van der Waals surface area contributed by atoms with Crippen molar-refractivity contribution in [2.45, 2.75) is 13.5 Å². The zero-order chi connectivity index (χ0) is 12.3. The standard InChI is InChI=1S/C12H11Cl2NOS/c1-2-16-7-12-15-6-11(17-12)9-4-3-8(13)5-10(9)14/h3-6H,2,7H2,1H3.